The summed E-state index contributed by atoms with van der Waals surface area (Å²) in [5, 5.41) is 14.8. The number of nitro groups is 1. The van der Waals surface area contributed by atoms with Crippen molar-refractivity contribution in [2.24, 2.45) is 5.10 Å². The molecule has 6 nitrogen and oxygen atoms in total. The monoisotopic (exact) mass is 248 g/mol. The van der Waals surface area contributed by atoms with Crippen LogP contribution in [0, 0.1) is 10.1 Å². The summed E-state index contributed by atoms with van der Waals surface area (Å²) in [7, 11) is 2.10. The first kappa shape index (κ1) is 12.5. The van der Waals surface area contributed by atoms with Crippen molar-refractivity contribution in [2.75, 3.05) is 25.6 Å². The second-order valence-corrected chi connectivity index (χ2v) is 4.40. The molecule has 1 heterocycles. The lowest BCUT2D eigenvalue weighted by molar-refractivity contribution is -0.384. The largest absolute Gasteiger partial charge is 0.306 e. The molecule has 0 radical (unpaired) electrons. The third kappa shape index (κ3) is 3.27. The molecule has 18 heavy (non-hydrogen) atoms. The molecule has 0 aromatic heterocycles. The van der Waals surface area contributed by atoms with Crippen molar-refractivity contribution in [2.45, 2.75) is 12.8 Å². The van der Waals surface area contributed by atoms with E-state index in [0.717, 1.165) is 37.3 Å². The van der Waals surface area contributed by atoms with Gasteiger partial charge in [-0.3, -0.25) is 15.5 Å². The molecule has 96 valence electrons. The number of benzene rings is 1. The van der Waals surface area contributed by atoms with Crippen LogP contribution >= 0.6 is 0 Å². The first-order chi connectivity index (χ1) is 8.65. The first-order valence-electron chi connectivity index (χ1n) is 5.89. The van der Waals surface area contributed by atoms with Crippen molar-refractivity contribution in [3.8, 4) is 0 Å². The Balaban J connectivity index is 1.93. The molecule has 2 rings (SSSR count). The number of hydrazone groups is 1. The van der Waals surface area contributed by atoms with Crippen LogP contribution in [0.4, 0.5) is 11.4 Å². The summed E-state index contributed by atoms with van der Waals surface area (Å²) < 4.78 is 0. The van der Waals surface area contributed by atoms with Gasteiger partial charge in [-0.15, -0.1) is 0 Å². The van der Waals surface area contributed by atoms with Crippen molar-refractivity contribution in [1.82, 2.24) is 4.90 Å². The Kier molecular flexibility index (Phi) is 3.88. The maximum Gasteiger partial charge on any atom is 0.269 e. The third-order valence-electron chi connectivity index (χ3n) is 2.99. The van der Waals surface area contributed by atoms with Crippen molar-refractivity contribution in [1.29, 1.82) is 0 Å². The van der Waals surface area contributed by atoms with Gasteiger partial charge in [-0.25, -0.2) is 0 Å². The van der Waals surface area contributed by atoms with Crippen LogP contribution in [-0.2, 0) is 0 Å². The van der Waals surface area contributed by atoms with Gasteiger partial charge in [0.25, 0.3) is 5.69 Å². The van der Waals surface area contributed by atoms with E-state index in [4.69, 9.17) is 0 Å². The molecule has 0 spiro atoms. The van der Waals surface area contributed by atoms with Crippen LogP contribution in [0.3, 0.4) is 0 Å². The van der Waals surface area contributed by atoms with E-state index in [9.17, 15) is 10.1 Å². The van der Waals surface area contributed by atoms with E-state index < -0.39 is 4.92 Å². The fourth-order valence-corrected chi connectivity index (χ4v) is 1.79. The zero-order valence-electron chi connectivity index (χ0n) is 10.3. The molecule has 1 N–H and O–H groups in total. The normalized spacial score (nSPS) is 16.4. The van der Waals surface area contributed by atoms with E-state index in [1.807, 2.05) is 0 Å². The van der Waals surface area contributed by atoms with Crippen LogP contribution in [0.1, 0.15) is 12.8 Å². The number of hydrogen-bond acceptors (Lipinski definition) is 5. The van der Waals surface area contributed by atoms with E-state index in [-0.39, 0.29) is 5.69 Å². The molecule has 1 aliphatic rings. The Morgan fingerprint density at radius 2 is 1.89 bits per heavy atom. The van der Waals surface area contributed by atoms with Gasteiger partial charge in [0, 0.05) is 43.8 Å². The lowest BCUT2D eigenvalue weighted by Gasteiger charge is -2.22. The number of non-ortho nitro benzene ring substituents is 1. The van der Waals surface area contributed by atoms with E-state index in [1.165, 1.54) is 12.1 Å². The van der Waals surface area contributed by atoms with Gasteiger partial charge in [0.15, 0.2) is 0 Å². The minimum atomic E-state index is -0.410. The Hall–Kier alpha value is -1.95. The molecular formula is C12H16N4O2. The highest BCUT2D eigenvalue weighted by Crippen LogP contribution is 2.15. The van der Waals surface area contributed by atoms with E-state index >= 15 is 0 Å². The van der Waals surface area contributed by atoms with Crippen molar-refractivity contribution >= 4 is 17.1 Å². The standard InChI is InChI=1S/C12H16N4O2/c1-15-8-6-11(7-9-15)14-13-10-2-4-12(5-3-10)16(17)18/h2-5,13H,6-9H2,1H3. The lowest BCUT2D eigenvalue weighted by Crippen LogP contribution is -2.30. The van der Waals surface area contributed by atoms with Gasteiger partial charge >= 0.3 is 0 Å². The number of nitrogens with one attached hydrogen (secondary N) is 1. The summed E-state index contributed by atoms with van der Waals surface area (Å²) >= 11 is 0. The highest BCUT2D eigenvalue weighted by atomic mass is 16.6. The molecule has 0 bridgehead atoms. The molecule has 1 saturated heterocycles. The van der Waals surface area contributed by atoms with Crippen molar-refractivity contribution in [3.05, 3.63) is 34.4 Å². The van der Waals surface area contributed by atoms with E-state index in [1.54, 1.807) is 12.1 Å². The predicted octanol–water partition coefficient (Wildman–Crippen LogP) is 2.09. The summed E-state index contributed by atoms with van der Waals surface area (Å²) in [5.41, 5.74) is 4.95. The summed E-state index contributed by atoms with van der Waals surface area (Å²) in [6.07, 6.45) is 1.94. The molecule has 1 aromatic rings. The zero-order valence-corrected chi connectivity index (χ0v) is 10.3. The van der Waals surface area contributed by atoms with Crippen molar-refractivity contribution in [3.63, 3.8) is 0 Å². The van der Waals surface area contributed by atoms with Crippen LogP contribution in [0.2, 0.25) is 0 Å². The molecule has 6 heteroatoms. The fraction of sp³-hybridized carbons (Fsp3) is 0.417. The van der Waals surface area contributed by atoms with Gasteiger partial charge in [0.05, 0.1) is 10.6 Å². The smallest absolute Gasteiger partial charge is 0.269 e. The highest BCUT2D eigenvalue weighted by Gasteiger charge is 2.11. The molecule has 1 aliphatic heterocycles. The molecule has 0 amide bonds. The number of hydrogen-bond donors (Lipinski definition) is 1. The van der Waals surface area contributed by atoms with Crippen molar-refractivity contribution < 1.29 is 4.92 Å². The summed E-state index contributed by atoms with van der Waals surface area (Å²) in [5.74, 6) is 0. The molecule has 1 fully saturated rings. The molecule has 0 saturated carbocycles. The molecular weight excluding hydrogens is 232 g/mol. The van der Waals surface area contributed by atoms with Gasteiger partial charge in [-0.05, 0) is 19.2 Å². The molecule has 0 atom stereocenters. The van der Waals surface area contributed by atoms with Crippen LogP contribution in [0.5, 0.6) is 0 Å². The fourth-order valence-electron chi connectivity index (χ4n) is 1.79. The predicted molar refractivity (Wildman–Crippen MR) is 70.9 cm³/mol. The minimum Gasteiger partial charge on any atom is -0.306 e. The van der Waals surface area contributed by atoms with Crippen LogP contribution in [0.25, 0.3) is 0 Å². The number of nitrogens with zero attached hydrogens (tertiary/aromatic N) is 3. The SMILES string of the molecule is CN1CCC(=NNc2ccc([N+](=O)[O-])cc2)CC1. The highest BCUT2D eigenvalue weighted by molar-refractivity contribution is 5.86. The van der Waals surface area contributed by atoms with Gasteiger partial charge in [-0.2, -0.15) is 5.10 Å². The Labute approximate surface area is 105 Å². The molecule has 0 aliphatic carbocycles. The average molecular weight is 248 g/mol. The van der Waals surface area contributed by atoms with Gasteiger partial charge in [0.1, 0.15) is 0 Å². The number of piperidine rings is 1. The second-order valence-electron chi connectivity index (χ2n) is 4.40. The van der Waals surface area contributed by atoms with Gasteiger partial charge in [-0.1, -0.05) is 0 Å². The zero-order chi connectivity index (χ0) is 13.0. The van der Waals surface area contributed by atoms with Crippen LogP contribution in [-0.4, -0.2) is 35.7 Å². The Bertz CT molecular complexity index is 446. The third-order valence-corrected chi connectivity index (χ3v) is 2.99. The maximum atomic E-state index is 10.5. The maximum absolute atomic E-state index is 10.5. The van der Waals surface area contributed by atoms with E-state index in [0.29, 0.717) is 0 Å². The Morgan fingerprint density at radius 3 is 2.44 bits per heavy atom. The average Bonchev–Trinajstić information content (AvgIpc) is 2.38. The summed E-state index contributed by atoms with van der Waals surface area (Å²) in [4.78, 5) is 12.4. The summed E-state index contributed by atoms with van der Waals surface area (Å²) in [6.45, 7) is 2.06. The molecule has 1 aromatic carbocycles. The van der Waals surface area contributed by atoms with Gasteiger partial charge < -0.3 is 4.90 Å². The van der Waals surface area contributed by atoms with Crippen LogP contribution < -0.4 is 5.43 Å². The number of anilines is 1. The second kappa shape index (κ2) is 5.59. The first-order valence-corrected chi connectivity index (χ1v) is 5.89. The summed E-state index contributed by atoms with van der Waals surface area (Å²) in [6, 6.07) is 6.27. The minimum absolute atomic E-state index is 0.0903. The number of nitro benzene ring substituents is 1. The van der Waals surface area contributed by atoms with E-state index in [2.05, 4.69) is 22.5 Å². The van der Waals surface area contributed by atoms with Gasteiger partial charge in [0.2, 0.25) is 0 Å². The lowest BCUT2D eigenvalue weighted by atomic mass is 10.1. The van der Waals surface area contributed by atoms with Crippen LogP contribution in [0.15, 0.2) is 29.4 Å². The quantitative estimate of drug-likeness (QED) is 0.656. The number of rotatable bonds is 3. The topological polar surface area (TPSA) is 70.8 Å². The Morgan fingerprint density at radius 1 is 1.28 bits per heavy atom. The molecule has 0 unspecified atom stereocenters. The number of likely N-dealkylation sites (tertiary alicyclic amines) is 1.